The molecule has 0 heterocycles. The number of benzene rings is 2. The maximum atomic E-state index is 11.9. The maximum Gasteiger partial charge on any atom is 0.179 e. The van der Waals surface area contributed by atoms with Crippen LogP contribution >= 0.6 is 12.6 Å². The highest BCUT2D eigenvalue weighted by molar-refractivity contribution is 7.82. The highest BCUT2D eigenvalue weighted by Crippen LogP contribution is 2.29. The van der Waals surface area contributed by atoms with Gasteiger partial charge in [-0.25, -0.2) is 0 Å². The minimum Gasteiger partial charge on any atom is -0.293 e. The minimum absolute atomic E-state index is 0.0894. The van der Waals surface area contributed by atoms with Crippen molar-refractivity contribution in [2.45, 2.75) is 5.25 Å². The number of ketones is 1. The molecular formula is C14H10OS. The lowest BCUT2D eigenvalue weighted by molar-refractivity contribution is 0.100. The molecule has 1 atom stereocenters. The predicted octanol–water partition coefficient (Wildman–Crippen LogP) is 3.35. The predicted molar refractivity (Wildman–Crippen MR) is 70.1 cm³/mol. The second kappa shape index (κ2) is 3.49. The van der Waals surface area contributed by atoms with E-state index in [-0.39, 0.29) is 11.0 Å². The van der Waals surface area contributed by atoms with Crippen LogP contribution in [0.5, 0.6) is 0 Å². The largest absolute Gasteiger partial charge is 0.293 e. The standard InChI is InChI=1S/C14H10OS/c15-14-12-6-5-9-3-1-2-4-10(9)11(12)7-8-13(14)16/h1-8,13,16H. The summed E-state index contributed by atoms with van der Waals surface area (Å²) in [6.45, 7) is 0. The molecule has 3 rings (SSSR count). The van der Waals surface area contributed by atoms with Crippen LogP contribution < -0.4 is 0 Å². The normalized spacial score (nSPS) is 18.8. The van der Waals surface area contributed by atoms with Gasteiger partial charge in [0.05, 0.1) is 5.25 Å². The van der Waals surface area contributed by atoms with Crippen molar-refractivity contribution < 1.29 is 4.79 Å². The van der Waals surface area contributed by atoms with Gasteiger partial charge in [0, 0.05) is 5.56 Å². The Labute approximate surface area is 99.2 Å². The molecule has 0 aromatic heterocycles. The third kappa shape index (κ3) is 1.30. The first-order valence-corrected chi connectivity index (χ1v) is 5.71. The fourth-order valence-corrected chi connectivity index (χ4v) is 2.35. The topological polar surface area (TPSA) is 17.1 Å². The fourth-order valence-electron chi connectivity index (χ4n) is 2.12. The fraction of sp³-hybridized carbons (Fsp3) is 0.0714. The minimum atomic E-state index is -0.298. The van der Waals surface area contributed by atoms with E-state index in [1.54, 1.807) is 0 Å². The molecule has 0 saturated carbocycles. The number of carbonyl (C=O) groups is 1. The van der Waals surface area contributed by atoms with Crippen molar-refractivity contribution in [2.75, 3.05) is 0 Å². The number of hydrogen-bond donors (Lipinski definition) is 1. The molecule has 0 fully saturated rings. The number of Topliss-reactive ketones (excluding diaryl/α,β-unsaturated/α-hetero) is 1. The molecule has 0 radical (unpaired) electrons. The van der Waals surface area contributed by atoms with E-state index in [1.165, 1.54) is 0 Å². The van der Waals surface area contributed by atoms with E-state index in [0.29, 0.717) is 0 Å². The van der Waals surface area contributed by atoms with Crippen LogP contribution in [0.3, 0.4) is 0 Å². The van der Waals surface area contributed by atoms with Crippen LogP contribution in [-0.2, 0) is 0 Å². The number of carbonyl (C=O) groups excluding carboxylic acids is 1. The average molecular weight is 226 g/mol. The van der Waals surface area contributed by atoms with Gasteiger partial charge in [-0.1, -0.05) is 48.6 Å². The first kappa shape index (κ1) is 9.67. The Hall–Kier alpha value is -1.54. The Morgan fingerprint density at radius 2 is 1.88 bits per heavy atom. The summed E-state index contributed by atoms with van der Waals surface area (Å²) in [5.74, 6) is 0.0894. The lowest BCUT2D eigenvalue weighted by Gasteiger charge is -2.15. The molecule has 0 amide bonds. The molecule has 0 bridgehead atoms. The first-order valence-electron chi connectivity index (χ1n) is 5.19. The first-order chi connectivity index (χ1) is 7.77. The van der Waals surface area contributed by atoms with Gasteiger partial charge in [-0.15, -0.1) is 0 Å². The number of thiol groups is 1. The van der Waals surface area contributed by atoms with Crippen LogP contribution in [0.15, 0.2) is 42.5 Å². The van der Waals surface area contributed by atoms with Crippen LogP contribution in [0.25, 0.3) is 16.8 Å². The maximum absolute atomic E-state index is 11.9. The van der Waals surface area contributed by atoms with Crippen molar-refractivity contribution >= 4 is 35.3 Å². The summed E-state index contributed by atoms with van der Waals surface area (Å²) in [5, 5.41) is 2.00. The quantitative estimate of drug-likeness (QED) is 0.682. The molecule has 2 aromatic carbocycles. The van der Waals surface area contributed by atoms with Gasteiger partial charge >= 0.3 is 0 Å². The summed E-state index contributed by atoms with van der Waals surface area (Å²) < 4.78 is 0. The summed E-state index contributed by atoms with van der Waals surface area (Å²) in [6, 6.07) is 12.0. The summed E-state index contributed by atoms with van der Waals surface area (Å²) in [5.41, 5.74) is 1.80. The van der Waals surface area contributed by atoms with E-state index in [0.717, 1.165) is 21.9 Å². The van der Waals surface area contributed by atoms with Crippen molar-refractivity contribution in [2.24, 2.45) is 0 Å². The van der Waals surface area contributed by atoms with Crippen molar-refractivity contribution in [3.63, 3.8) is 0 Å². The van der Waals surface area contributed by atoms with Gasteiger partial charge in [0.2, 0.25) is 0 Å². The highest BCUT2D eigenvalue weighted by atomic mass is 32.1. The molecule has 2 heteroatoms. The molecule has 1 nitrogen and oxygen atoms in total. The third-order valence-corrected chi connectivity index (χ3v) is 3.36. The van der Waals surface area contributed by atoms with Crippen LogP contribution in [0.1, 0.15) is 15.9 Å². The monoisotopic (exact) mass is 226 g/mol. The molecule has 0 N–H and O–H groups in total. The van der Waals surface area contributed by atoms with Crippen LogP contribution in [0.2, 0.25) is 0 Å². The van der Waals surface area contributed by atoms with Crippen molar-refractivity contribution in [1.29, 1.82) is 0 Å². The Morgan fingerprint density at radius 1 is 1.06 bits per heavy atom. The Morgan fingerprint density at radius 3 is 2.75 bits per heavy atom. The van der Waals surface area contributed by atoms with Crippen molar-refractivity contribution in [1.82, 2.24) is 0 Å². The molecule has 0 aliphatic heterocycles. The molecule has 0 spiro atoms. The number of fused-ring (bicyclic) bond motifs is 3. The van der Waals surface area contributed by atoms with Crippen molar-refractivity contribution in [3.8, 4) is 0 Å². The number of rotatable bonds is 0. The van der Waals surface area contributed by atoms with Gasteiger partial charge < -0.3 is 0 Å². The average Bonchev–Trinajstić information content (AvgIpc) is 2.33. The van der Waals surface area contributed by atoms with E-state index in [1.807, 2.05) is 42.5 Å². The lowest BCUT2D eigenvalue weighted by atomic mass is 9.91. The lowest BCUT2D eigenvalue weighted by Crippen LogP contribution is -2.16. The van der Waals surface area contributed by atoms with Gasteiger partial charge in [-0.3, -0.25) is 4.79 Å². The van der Waals surface area contributed by atoms with Crippen LogP contribution in [0, 0.1) is 0 Å². The molecular weight excluding hydrogens is 216 g/mol. The molecule has 1 unspecified atom stereocenters. The third-order valence-electron chi connectivity index (χ3n) is 2.95. The molecule has 1 aliphatic rings. The van der Waals surface area contributed by atoms with E-state index in [2.05, 4.69) is 18.7 Å². The Balaban J connectivity index is 2.39. The SMILES string of the molecule is O=C1c2ccc3ccccc3c2C=CC1S. The zero-order valence-electron chi connectivity index (χ0n) is 8.55. The van der Waals surface area contributed by atoms with Gasteiger partial charge in [0.25, 0.3) is 0 Å². The van der Waals surface area contributed by atoms with Gasteiger partial charge in [0.15, 0.2) is 5.78 Å². The smallest absolute Gasteiger partial charge is 0.179 e. The zero-order valence-corrected chi connectivity index (χ0v) is 9.45. The summed E-state index contributed by atoms with van der Waals surface area (Å²) in [7, 11) is 0. The van der Waals surface area contributed by atoms with Crippen LogP contribution in [0.4, 0.5) is 0 Å². The molecule has 2 aromatic rings. The van der Waals surface area contributed by atoms with Gasteiger partial charge in [-0.05, 0) is 16.3 Å². The Kier molecular flexibility index (Phi) is 2.11. The van der Waals surface area contributed by atoms with Crippen molar-refractivity contribution in [3.05, 3.63) is 53.6 Å². The summed E-state index contributed by atoms with van der Waals surface area (Å²) in [6.07, 6.45) is 3.84. The van der Waals surface area contributed by atoms with Crippen LogP contribution in [-0.4, -0.2) is 11.0 Å². The molecule has 16 heavy (non-hydrogen) atoms. The van der Waals surface area contributed by atoms with Gasteiger partial charge in [-0.2, -0.15) is 12.6 Å². The summed E-state index contributed by atoms with van der Waals surface area (Å²) in [4.78, 5) is 11.9. The van der Waals surface area contributed by atoms with Gasteiger partial charge in [0.1, 0.15) is 0 Å². The van der Waals surface area contributed by atoms with E-state index < -0.39 is 0 Å². The van der Waals surface area contributed by atoms with E-state index >= 15 is 0 Å². The van der Waals surface area contributed by atoms with E-state index in [9.17, 15) is 4.79 Å². The summed E-state index contributed by atoms with van der Waals surface area (Å²) >= 11 is 4.24. The molecule has 0 saturated heterocycles. The van der Waals surface area contributed by atoms with E-state index in [4.69, 9.17) is 0 Å². The zero-order chi connectivity index (χ0) is 11.1. The number of hydrogen-bond acceptors (Lipinski definition) is 2. The second-order valence-electron chi connectivity index (χ2n) is 3.92. The molecule has 1 aliphatic carbocycles. The highest BCUT2D eigenvalue weighted by Gasteiger charge is 2.21. The molecule has 78 valence electrons. The Bertz CT molecular complexity index is 613. The second-order valence-corrected chi connectivity index (χ2v) is 4.47.